The van der Waals surface area contributed by atoms with Crippen molar-refractivity contribution in [2.45, 2.75) is 18.9 Å². The molecule has 6 heterocycles. The molecule has 0 saturated heterocycles. The minimum atomic E-state index is -4.46. The average Bonchev–Trinajstić information content (AvgIpc) is 3.74. The number of fused-ring (bicyclic) bond motifs is 2. The Hall–Kier alpha value is -4.64. The second-order valence-corrected chi connectivity index (χ2v) is 13.0. The van der Waals surface area contributed by atoms with E-state index in [1.165, 1.54) is 7.11 Å². The quantitative estimate of drug-likeness (QED) is 0.132. The molecular formula is C32H19Cl2F6N7OS2. The van der Waals surface area contributed by atoms with Gasteiger partial charge in [-0.3, -0.25) is 9.97 Å². The van der Waals surface area contributed by atoms with Crippen molar-refractivity contribution < 1.29 is 31.1 Å². The Kier molecular flexibility index (Phi) is 10.1. The lowest BCUT2D eigenvalue weighted by atomic mass is 10.2. The maximum atomic E-state index is 13.3. The number of rotatable bonds is 6. The predicted octanol–water partition coefficient (Wildman–Crippen LogP) is 10.5. The molecular weight excluding hydrogens is 747 g/mol. The van der Waals surface area contributed by atoms with E-state index in [0.29, 0.717) is 68.1 Å². The molecule has 18 heteroatoms. The number of methoxy groups -OCH3 is 1. The summed E-state index contributed by atoms with van der Waals surface area (Å²) in [6.45, 7) is 0.308. The molecule has 1 N–H and O–H groups in total. The lowest BCUT2D eigenvalue weighted by molar-refractivity contribution is -0.135. The molecule has 7 rings (SSSR count). The van der Waals surface area contributed by atoms with Gasteiger partial charge in [-0.25, -0.2) is 19.9 Å². The van der Waals surface area contributed by atoms with Gasteiger partial charge in [-0.05, 0) is 54.1 Å². The van der Waals surface area contributed by atoms with E-state index in [9.17, 15) is 26.3 Å². The van der Waals surface area contributed by atoms with Crippen LogP contribution < -0.4 is 10.1 Å². The van der Waals surface area contributed by atoms with E-state index in [4.69, 9.17) is 27.9 Å². The summed E-state index contributed by atoms with van der Waals surface area (Å²) in [5, 5.41) is 4.09. The number of halogens is 8. The first kappa shape index (κ1) is 35.2. The number of hydrogen-bond donors (Lipinski definition) is 1. The molecule has 0 amide bonds. The van der Waals surface area contributed by atoms with Crippen LogP contribution in [0.3, 0.4) is 0 Å². The highest BCUT2D eigenvalue weighted by molar-refractivity contribution is 7.19. The van der Waals surface area contributed by atoms with Crippen LogP contribution in [-0.4, -0.2) is 37.0 Å². The summed E-state index contributed by atoms with van der Waals surface area (Å²) in [5.41, 5.74) is 2.12. The van der Waals surface area contributed by atoms with Crippen molar-refractivity contribution in [1.82, 2.24) is 29.9 Å². The first-order valence-electron chi connectivity index (χ1n) is 14.1. The highest BCUT2D eigenvalue weighted by Crippen LogP contribution is 2.41. The van der Waals surface area contributed by atoms with Gasteiger partial charge in [0, 0.05) is 47.8 Å². The van der Waals surface area contributed by atoms with Gasteiger partial charge in [-0.2, -0.15) is 26.3 Å². The standard InChI is InChI=1S/C20H14ClF3N4OS.C12H5ClF3N3S/c1-29-15-3-2-11(8-14(15)21)10-26-18-13-9-16(20(22,23)24)30-19(13)28-17(27-18)12-4-6-25-7-5-12;13-9-7-5-8(12(14,15)16)20-11(7)19-10(18-9)6-1-3-17-4-2-6/h2-9H,10H2,1H3,(H,26,27,28);1-5H. The summed E-state index contributed by atoms with van der Waals surface area (Å²) in [6, 6.07) is 14.0. The molecule has 8 nitrogen and oxygen atoms in total. The number of benzene rings is 1. The van der Waals surface area contributed by atoms with Crippen LogP contribution in [-0.2, 0) is 18.9 Å². The van der Waals surface area contributed by atoms with Gasteiger partial charge in [0.2, 0.25) is 0 Å². The molecule has 0 spiro atoms. The van der Waals surface area contributed by atoms with Gasteiger partial charge < -0.3 is 10.1 Å². The Bertz CT molecular complexity index is 2290. The van der Waals surface area contributed by atoms with Gasteiger partial charge in [0.1, 0.15) is 36.1 Å². The Morgan fingerprint density at radius 3 is 1.72 bits per heavy atom. The fourth-order valence-corrected chi connectivity index (χ4v) is 6.85. The van der Waals surface area contributed by atoms with Crippen molar-refractivity contribution in [2.75, 3.05) is 12.4 Å². The molecule has 1 aromatic carbocycles. The summed E-state index contributed by atoms with van der Waals surface area (Å²) in [6.07, 6.45) is -2.62. The maximum absolute atomic E-state index is 13.3. The third-order valence-electron chi connectivity index (χ3n) is 6.85. The number of nitrogens with one attached hydrogen (secondary N) is 1. The molecule has 0 aliphatic heterocycles. The number of aromatic nitrogens is 6. The van der Waals surface area contributed by atoms with Crippen molar-refractivity contribution in [3.05, 3.63) is 105 Å². The van der Waals surface area contributed by atoms with Gasteiger partial charge in [0.25, 0.3) is 0 Å². The number of thiophene rings is 2. The minimum Gasteiger partial charge on any atom is -0.495 e. The molecule has 0 bridgehead atoms. The zero-order valence-corrected chi connectivity index (χ0v) is 28.3. The maximum Gasteiger partial charge on any atom is 0.425 e. The van der Waals surface area contributed by atoms with Gasteiger partial charge in [-0.1, -0.05) is 29.3 Å². The summed E-state index contributed by atoms with van der Waals surface area (Å²) in [5.74, 6) is 1.44. The van der Waals surface area contributed by atoms with E-state index < -0.39 is 22.1 Å². The molecule has 0 atom stereocenters. The highest BCUT2D eigenvalue weighted by Gasteiger charge is 2.34. The molecule has 7 aromatic rings. The first-order chi connectivity index (χ1) is 23.8. The first-order valence-corrected chi connectivity index (χ1v) is 16.5. The summed E-state index contributed by atoms with van der Waals surface area (Å²) >= 11 is 13.2. The third kappa shape index (κ3) is 7.88. The van der Waals surface area contributed by atoms with Gasteiger partial charge >= 0.3 is 12.4 Å². The van der Waals surface area contributed by atoms with Crippen LogP contribution in [0.4, 0.5) is 32.2 Å². The minimum absolute atomic E-state index is 0.00793. The van der Waals surface area contributed by atoms with Crippen LogP contribution in [0.1, 0.15) is 15.3 Å². The number of alkyl halides is 6. The van der Waals surface area contributed by atoms with E-state index in [0.717, 1.165) is 17.7 Å². The Morgan fingerprint density at radius 2 is 1.20 bits per heavy atom. The Labute approximate surface area is 296 Å². The average molecular weight is 767 g/mol. The van der Waals surface area contributed by atoms with Crippen molar-refractivity contribution in [1.29, 1.82) is 0 Å². The molecule has 6 aromatic heterocycles. The zero-order chi connectivity index (χ0) is 35.6. The number of nitrogens with zero attached hydrogens (tertiary/aromatic N) is 6. The molecule has 0 aliphatic rings. The lowest BCUT2D eigenvalue weighted by Gasteiger charge is -2.10. The number of anilines is 1. The van der Waals surface area contributed by atoms with Crippen molar-refractivity contribution in [3.8, 4) is 28.5 Å². The topological polar surface area (TPSA) is 98.6 Å². The second-order valence-electron chi connectivity index (χ2n) is 10.2. The predicted molar refractivity (Wildman–Crippen MR) is 182 cm³/mol. The summed E-state index contributed by atoms with van der Waals surface area (Å²) in [7, 11) is 1.52. The largest absolute Gasteiger partial charge is 0.495 e. The van der Waals surface area contributed by atoms with Crippen LogP contribution in [0.15, 0.2) is 79.4 Å². The van der Waals surface area contributed by atoms with Crippen LogP contribution in [0.25, 0.3) is 43.2 Å². The zero-order valence-electron chi connectivity index (χ0n) is 25.1. The monoisotopic (exact) mass is 765 g/mol. The number of pyridine rings is 2. The Balaban J connectivity index is 0.000000187. The van der Waals surface area contributed by atoms with Crippen molar-refractivity contribution in [2.24, 2.45) is 0 Å². The molecule has 0 unspecified atom stereocenters. The van der Waals surface area contributed by atoms with Gasteiger partial charge in [-0.15, -0.1) is 22.7 Å². The van der Waals surface area contributed by atoms with Gasteiger partial charge in [0.15, 0.2) is 11.6 Å². The molecule has 0 fully saturated rings. The third-order valence-corrected chi connectivity index (χ3v) is 9.58. The van der Waals surface area contributed by atoms with E-state index in [2.05, 4.69) is 35.2 Å². The number of ether oxygens (including phenoxy) is 1. The lowest BCUT2D eigenvalue weighted by Crippen LogP contribution is -2.04. The number of hydrogen-bond acceptors (Lipinski definition) is 10. The van der Waals surface area contributed by atoms with Crippen LogP contribution in [0.5, 0.6) is 5.75 Å². The second kappa shape index (κ2) is 14.3. The molecule has 50 heavy (non-hydrogen) atoms. The van der Waals surface area contributed by atoms with E-state index in [1.807, 2.05) is 6.07 Å². The van der Waals surface area contributed by atoms with Crippen molar-refractivity contribution in [3.63, 3.8) is 0 Å². The fraction of sp³-hybridized carbons (Fsp3) is 0.125. The molecule has 0 radical (unpaired) electrons. The fourth-order valence-electron chi connectivity index (χ4n) is 4.49. The SMILES string of the molecule is COc1ccc(CNc2nc(-c3ccncc3)nc3sc(C(F)(F)F)cc23)cc1Cl.FC(F)(F)c1cc2c(Cl)nc(-c3ccncc3)nc2s1. The van der Waals surface area contributed by atoms with Gasteiger partial charge in [0.05, 0.1) is 17.5 Å². The van der Waals surface area contributed by atoms with Crippen LogP contribution in [0.2, 0.25) is 10.2 Å². The van der Waals surface area contributed by atoms with Crippen LogP contribution >= 0.6 is 45.9 Å². The smallest absolute Gasteiger partial charge is 0.425 e. The molecule has 0 saturated carbocycles. The van der Waals surface area contributed by atoms with Crippen molar-refractivity contribution >= 4 is 72.1 Å². The Morgan fingerprint density at radius 1 is 0.680 bits per heavy atom. The molecule has 0 aliphatic carbocycles. The summed E-state index contributed by atoms with van der Waals surface area (Å²) in [4.78, 5) is 23.8. The van der Waals surface area contributed by atoms with E-state index >= 15 is 0 Å². The van der Waals surface area contributed by atoms with E-state index in [1.54, 1.807) is 61.2 Å². The van der Waals surface area contributed by atoms with Crippen LogP contribution in [0, 0.1) is 0 Å². The summed E-state index contributed by atoms with van der Waals surface area (Å²) < 4.78 is 83.0. The highest BCUT2D eigenvalue weighted by atomic mass is 35.5. The molecule has 256 valence electrons. The normalized spacial score (nSPS) is 11.8. The van der Waals surface area contributed by atoms with E-state index in [-0.39, 0.29) is 26.0 Å².